The standard InChI is InChI=1S/C15H15ClN2O3/c1-18-12(6-8-17-18)7-9-21-14-4-2-11(10-13(14)16)3-5-15(19)20/h2-6,8,10H,7,9H2,1H3,(H,19,20)/b5-3+. The third kappa shape index (κ3) is 4.36. The average Bonchev–Trinajstić information content (AvgIpc) is 2.84. The fourth-order valence-corrected chi connectivity index (χ4v) is 2.06. The molecule has 0 amide bonds. The van der Waals surface area contributed by atoms with Gasteiger partial charge in [0.2, 0.25) is 0 Å². The Morgan fingerprint density at radius 3 is 2.90 bits per heavy atom. The smallest absolute Gasteiger partial charge is 0.328 e. The van der Waals surface area contributed by atoms with Crippen molar-refractivity contribution in [3.8, 4) is 5.75 Å². The summed E-state index contributed by atoms with van der Waals surface area (Å²) in [4.78, 5) is 10.5. The molecule has 0 saturated heterocycles. The number of benzene rings is 1. The summed E-state index contributed by atoms with van der Waals surface area (Å²) in [5.74, 6) is -0.422. The molecular formula is C15H15ClN2O3. The molecule has 0 bridgehead atoms. The fourth-order valence-electron chi connectivity index (χ4n) is 1.82. The van der Waals surface area contributed by atoms with Gasteiger partial charge in [-0.25, -0.2) is 4.79 Å². The van der Waals surface area contributed by atoms with Crippen LogP contribution in [0.5, 0.6) is 5.75 Å². The van der Waals surface area contributed by atoms with E-state index < -0.39 is 5.97 Å². The third-order valence-corrected chi connectivity index (χ3v) is 3.21. The second-order valence-electron chi connectivity index (χ2n) is 4.41. The van der Waals surface area contributed by atoms with Gasteiger partial charge in [0.25, 0.3) is 0 Å². The predicted molar refractivity (Wildman–Crippen MR) is 80.5 cm³/mol. The number of aromatic nitrogens is 2. The Bertz CT molecular complexity index is 665. The van der Waals surface area contributed by atoms with E-state index in [9.17, 15) is 4.79 Å². The number of rotatable bonds is 6. The molecule has 1 aromatic carbocycles. The summed E-state index contributed by atoms with van der Waals surface area (Å²) in [6.45, 7) is 0.490. The number of carboxylic acids is 1. The topological polar surface area (TPSA) is 64.4 Å². The normalized spacial score (nSPS) is 11.0. The fraction of sp³-hybridized carbons (Fsp3) is 0.200. The Balaban J connectivity index is 1.95. The van der Waals surface area contributed by atoms with Gasteiger partial charge in [-0.2, -0.15) is 5.10 Å². The van der Waals surface area contributed by atoms with Crippen molar-refractivity contribution in [2.24, 2.45) is 7.05 Å². The third-order valence-electron chi connectivity index (χ3n) is 2.91. The van der Waals surface area contributed by atoms with E-state index in [2.05, 4.69) is 5.10 Å². The van der Waals surface area contributed by atoms with E-state index in [0.29, 0.717) is 22.9 Å². The molecule has 0 aliphatic rings. The molecule has 21 heavy (non-hydrogen) atoms. The lowest BCUT2D eigenvalue weighted by molar-refractivity contribution is -0.131. The van der Waals surface area contributed by atoms with Crippen LogP contribution in [0.4, 0.5) is 0 Å². The van der Waals surface area contributed by atoms with Gasteiger partial charge in [0, 0.05) is 31.4 Å². The zero-order valence-electron chi connectivity index (χ0n) is 11.5. The average molecular weight is 307 g/mol. The molecule has 0 saturated carbocycles. The van der Waals surface area contributed by atoms with Crippen molar-refractivity contribution in [1.82, 2.24) is 9.78 Å². The number of aryl methyl sites for hydroxylation is 1. The summed E-state index contributed by atoms with van der Waals surface area (Å²) < 4.78 is 7.43. The van der Waals surface area contributed by atoms with Crippen molar-refractivity contribution < 1.29 is 14.6 Å². The number of ether oxygens (including phenoxy) is 1. The minimum atomic E-state index is -0.998. The lowest BCUT2D eigenvalue weighted by Crippen LogP contribution is -2.06. The maximum Gasteiger partial charge on any atom is 0.328 e. The monoisotopic (exact) mass is 306 g/mol. The van der Waals surface area contributed by atoms with Crippen LogP contribution in [0.15, 0.2) is 36.5 Å². The first kappa shape index (κ1) is 15.1. The van der Waals surface area contributed by atoms with Crippen molar-refractivity contribution in [1.29, 1.82) is 0 Å². The molecule has 0 fully saturated rings. The first-order valence-electron chi connectivity index (χ1n) is 6.36. The molecule has 1 aromatic heterocycles. The van der Waals surface area contributed by atoms with Crippen LogP contribution in [0.2, 0.25) is 5.02 Å². The zero-order valence-corrected chi connectivity index (χ0v) is 12.2. The van der Waals surface area contributed by atoms with Crippen LogP contribution in [0.25, 0.3) is 6.08 Å². The Kier molecular flexibility index (Phi) is 5.00. The molecule has 0 unspecified atom stereocenters. The molecule has 0 aliphatic heterocycles. The van der Waals surface area contributed by atoms with Gasteiger partial charge in [-0.15, -0.1) is 0 Å². The van der Waals surface area contributed by atoms with Crippen LogP contribution in [-0.2, 0) is 18.3 Å². The molecule has 0 radical (unpaired) electrons. The molecule has 6 heteroatoms. The van der Waals surface area contributed by atoms with Crippen molar-refractivity contribution in [3.05, 3.63) is 52.8 Å². The molecule has 110 valence electrons. The zero-order chi connectivity index (χ0) is 15.2. The van der Waals surface area contributed by atoms with E-state index in [1.807, 2.05) is 13.1 Å². The van der Waals surface area contributed by atoms with Gasteiger partial charge in [0.1, 0.15) is 5.75 Å². The second-order valence-corrected chi connectivity index (χ2v) is 4.81. The summed E-state index contributed by atoms with van der Waals surface area (Å²) in [6.07, 6.45) is 5.02. The van der Waals surface area contributed by atoms with Gasteiger partial charge in [-0.05, 0) is 29.8 Å². The van der Waals surface area contributed by atoms with Crippen LogP contribution in [-0.4, -0.2) is 27.5 Å². The lowest BCUT2D eigenvalue weighted by Gasteiger charge is -2.08. The predicted octanol–water partition coefficient (Wildman–Crippen LogP) is 2.79. The minimum Gasteiger partial charge on any atom is -0.492 e. The first-order chi connectivity index (χ1) is 10.1. The largest absolute Gasteiger partial charge is 0.492 e. The van der Waals surface area contributed by atoms with Crippen LogP contribution in [0.3, 0.4) is 0 Å². The Hall–Kier alpha value is -2.27. The highest BCUT2D eigenvalue weighted by Crippen LogP contribution is 2.26. The maximum absolute atomic E-state index is 10.5. The van der Waals surface area contributed by atoms with E-state index in [1.54, 1.807) is 29.1 Å². The van der Waals surface area contributed by atoms with Crippen LogP contribution in [0.1, 0.15) is 11.3 Å². The van der Waals surface area contributed by atoms with Gasteiger partial charge >= 0.3 is 5.97 Å². The highest BCUT2D eigenvalue weighted by molar-refractivity contribution is 6.32. The minimum absolute atomic E-state index is 0.451. The number of aliphatic carboxylic acids is 1. The van der Waals surface area contributed by atoms with Crippen molar-refractivity contribution in [2.45, 2.75) is 6.42 Å². The Morgan fingerprint density at radius 1 is 1.48 bits per heavy atom. The highest BCUT2D eigenvalue weighted by atomic mass is 35.5. The Morgan fingerprint density at radius 2 is 2.29 bits per heavy atom. The summed E-state index contributed by atoms with van der Waals surface area (Å²) in [6, 6.07) is 7.09. The molecule has 0 aliphatic carbocycles. The summed E-state index contributed by atoms with van der Waals surface area (Å²) >= 11 is 6.11. The quantitative estimate of drug-likeness (QED) is 0.834. The number of carbonyl (C=O) groups is 1. The van der Waals surface area contributed by atoms with E-state index in [1.165, 1.54) is 6.08 Å². The number of carboxylic acid groups (broad SMARTS) is 1. The van der Waals surface area contributed by atoms with Gasteiger partial charge in [-0.1, -0.05) is 17.7 Å². The van der Waals surface area contributed by atoms with Crippen LogP contribution in [0, 0.1) is 0 Å². The summed E-state index contributed by atoms with van der Waals surface area (Å²) in [5.41, 5.74) is 1.79. The van der Waals surface area contributed by atoms with E-state index in [4.69, 9.17) is 21.4 Å². The van der Waals surface area contributed by atoms with Gasteiger partial charge in [0.15, 0.2) is 0 Å². The van der Waals surface area contributed by atoms with Crippen LogP contribution >= 0.6 is 11.6 Å². The van der Waals surface area contributed by atoms with E-state index in [-0.39, 0.29) is 0 Å². The van der Waals surface area contributed by atoms with Gasteiger partial charge < -0.3 is 9.84 Å². The molecular weight excluding hydrogens is 292 g/mol. The lowest BCUT2D eigenvalue weighted by atomic mass is 10.2. The number of hydrogen-bond donors (Lipinski definition) is 1. The molecule has 1 heterocycles. The number of hydrogen-bond acceptors (Lipinski definition) is 3. The molecule has 2 aromatic rings. The summed E-state index contributed by atoms with van der Waals surface area (Å²) in [5, 5.41) is 13.1. The second kappa shape index (κ2) is 6.95. The maximum atomic E-state index is 10.5. The van der Waals surface area contributed by atoms with Crippen molar-refractivity contribution >= 4 is 23.6 Å². The summed E-state index contributed by atoms with van der Waals surface area (Å²) in [7, 11) is 1.88. The Labute approximate surface area is 127 Å². The van der Waals surface area contributed by atoms with Crippen molar-refractivity contribution in [2.75, 3.05) is 6.61 Å². The van der Waals surface area contributed by atoms with Gasteiger partial charge in [-0.3, -0.25) is 4.68 Å². The molecule has 2 rings (SSSR count). The van der Waals surface area contributed by atoms with Gasteiger partial charge in [0.05, 0.1) is 11.6 Å². The van der Waals surface area contributed by atoms with E-state index >= 15 is 0 Å². The number of nitrogens with zero attached hydrogens (tertiary/aromatic N) is 2. The van der Waals surface area contributed by atoms with E-state index in [0.717, 1.165) is 18.2 Å². The SMILES string of the molecule is Cn1nccc1CCOc1ccc(/C=C/C(=O)O)cc1Cl. The molecule has 0 atom stereocenters. The molecule has 1 N–H and O–H groups in total. The highest BCUT2D eigenvalue weighted by Gasteiger charge is 2.04. The number of halogens is 1. The van der Waals surface area contributed by atoms with Crippen molar-refractivity contribution in [3.63, 3.8) is 0 Å². The van der Waals surface area contributed by atoms with Crippen LogP contribution < -0.4 is 4.74 Å². The molecule has 0 spiro atoms. The molecule has 5 nitrogen and oxygen atoms in total. The first-order valence-corrected chi connectivity index (χ1v) is 6.74.